The molecule has 1 fully saturated rings. The molecule has 4 heteroatoms. The smallest absolute Gasteiger partial charge is 0.0889 e. The quantitative estimate of drug-likeness (QED) is 0.683. The summed E-state index contributed by atoms with van der Waals surface area (Å²) in [5.41, 5.74) is 3.15. The Bertz CT molecular complexity index is 495. The molecule has 0 unspecified atom stereocenters. The molecule has 1 saturated heterocycles. The summed E-state index contributed by atoms with van der Waals surface area (Å²) in [4.78, 5) is 5.04. The van der Waals surface area contributed by atoms with Crippen molar-refractivity contribution >= 4 is 11.4 Å². The summed E-state index contributed by atoms with van der Waals surface area (Å²) in [6.07, 6.45) is 5.85. The van der Waals surface area contributed by atoms with E-state index < -0.39 is 0 Å². The fourth-order valence-electron chi connectivity index (χ4n) is 3.51. The summed E-state index contributed by atoms with van der Waals surface area (Å²) in [6, 6.07) is 8.33. The maximum atomic E-state index is 9.23. The third kappa shape index (κ3) is 3.38. The summed E-state index contributed by atoms with van der Waals surface area (Å²) in [5, 5.41) is 12.7. The van der Waals surface area contributed by atoms with Crippen LogP contribution in [0, 0.1) is 0 Å². The predicted molar refractivity (Wildman–Crippen MR) is 86.5 cm³/mol. The average Bonchev–Trinajstić information content (AvgIpc) is 2.97. The van der Waals surface area contributed by atoms with Gasteiger partial charge in [-0.25, -0.2) is 0 Å². The Morgan fingerprint density at radius 1 is 1.00 bits per heavy atom. The molecule has 21 heavy (non-hydrogen) atoms. The first-order valence-electron chi connectivity index (χ1n) is 8.16. The van der Waals surface area contributed by atoms with Gasteiger partial charge in [-0.05, 0) is 57.8 Å². The van der Waals surface area contributed by atoms with Gasteiger partial charge in [-0.1, -0.05) is 23.4 Å². The highest BCUT2D eigenvalue weighted by Crippen LogP contribution is 2.26. The van der Waals surface area contributed by atoms with Crippen molar-refractivity contribution in [3.8, 4) is 0 Å². The maximum Gasteiger partial charge on any atom is 0.0889 e. The number of benzene rings is 1. The van der Waals surface area contributed by atoms with E-state index >= 15 is 0 Å². The number of rotatable bonds is 4. The van der Waals surface area contributed by atoms with E-state index in [9.17, 15) is 5.21 Å². The molecule has 2 heterocycles. The Morgan fingerprint density at radius 2 is 1.81 bits per heavy atom. The van der Waals surface area contributed by atoms with Crippen LogP contribution in [0.5, 0.6) is 0 Å². The highest BCUT2D eigenvalue weighted by atomic mass is 16.4. The van der Waals surface area contributed by atoms with Gasteiger partial charge in [-0.2, -0.15) is 0 Å². The van der Waals surface area contributed by atoms with Crippen LogP contribution in [0.3, 0.4) is 0 Å². The zero-order valence-electron chi connectivity index (χ0n) is 12.7. The van der Waals surface area contributed by atoms with Crippen LogP contribution in [0.1, 0.15) is 37.7 Å². The number of hydrogen-bond donors (Lipinski definition) is 1. The van der Waals surface area contributed by atoms with Crippen LogP contribution in [0.25, 0.3) is 0 Å². The zero-order chi connectivity index (χ0) is 14.5. The van der Waals surface area contributed by atoms with Gasteiger partial charge in [0.2, 0.25) is 0 Å². The van der Waals surface area contributed by atoms with E-state index in [0.717, 1.165) is 37.2 Å². The minimum Gasteiger partial charge on any atom is -0.411 e. The van der Waals surface area contributed by atoms with Gasteiger partial charge in [0.25, 0.3) is 0 Å². The second kappa shape index (κ2) is 6.94. The third-order valence-corrected chi connectivity index (χ3v) is 4.62. The standard InChI is InChI=1S/C17H25N3O/c21-18-16-8-5-13-20(17-9-2-1-7-15(16)17)14-6-12-19-10-3-4-11-19/h1-2,7,9,21H,3-6,8,10-14H2/b18-16-. The molecule has 2 aliphatic heterocycles. The lowest BCUT2D eigenvalue weighted by molar-refractivity contribution is 0.318. The molecule has 0 amide bonds. The van der Waals surface area contributed by atoms with Gasteiger partial charge in [-0.15, -0.1) is 0 Å². The Balaban J connectivity index is 1.66. The minimum absolute atomic E-state index is 0.827. The van der Waals surface area contributed by atoms with E-state index in [1.54, 1.807) is 0 Å². The maximum absolute atomic E-state index is 9.23. The monoisotopic (exact) mass is 287 g/mol. The van der Waals surface area contributed by atoms with Crippen molar-refractivity contribution in [1.82, 2.24) is 4.90 Å². The van der Waals surface area contributed by atoms with E-state index in [0.29, 0.717) is 0 Å². The Kier molecular flexibility index (Phi) is 4.76. The first-order chi connectivity index (χ1) is 10.4. The number of oxime groups is 1. The number of anilines is 1. The van der Waals surface area contributed by atoms with Crippen molar-refractivity contribution in [1.29, 1.82) is 0 Å². The van der Waals surface area contributed by atoms with Crippen molar-refractivity contribution in [2.24, 2.45) is 5.16 Å². The van der Waals surface area contributed by atoms with Crippen LogP contribution in [0.2, 0.25) is 0 Å². The highest BCUT2D eigenvalue weighted by molar-refractivity contribution is 6.05. The molecule has 3 rings (SSSR count). The number of fused-ring (bicyclic) bond motifs is 1. The Morgan fingerprint density at radius 3 is 2.62 bits per heavy atom. The van der Waals surface area contributed by atoms with Crippen molar-refractivity contribution in [3.63, 3.8) is 0 Å². The largest absolute Gasteiger partial charge is 0.411 e. The van der Waals surface area contributed by atoms with E-state index in [4.69, 9.17) is 0 Å². The van der Waals surface area contributed by atoms with Crippen molar-refractivity contribution in [2.75, 3.05) is 37.6 Å². The molecular weight excluding hydrogens is 262 g/mol. The van der Waals surface area contributed by atoms with Crippen molar-refractivity contribution < 1.29 is 5.21 Å². The molecule has 1 aromatic carbocycles. The first kappa shape index (κ1) is 14.4. The van der Waals surface area contributed by atoms with Crippen molar-refractivity contribution in [3.05, 3.63) is 29.8 Å². The molecule has 2 aliphatic rings. The minimum atomic E-state index is 0.827. The molecule has 0 atom stereocenters. The van der Waals surface area contributed by atoms with Crippen LogP contribution in [0.4, 0.5) is 5.69 Å². The number of nitrogens with zero attached hydrogens (tertiary/aromatic N) is 3. The van der Waals surface area contributed by atoms with E-state index in [1.807, 2.05) is 6.07 Å². The van der Waals surface area contributed by atoms with Crippen LogP contribution in [0.15, 0.2) is 29.4 Å². The highest BCUT2D eigenvalue weighted by Gasteiger charge is 2.19. The van der Waals surface area contributed by atoms with E-state index in [-0.39, 0.29) is 0 Å². The molecule has 0 aromatic heterocycles. The molecule has 0 spiro atoms. The van der Waals surface area contributed by atoms with Gasteiger partial charge in [0.05, 0.1) is 5.71 Å². The lowest BCUT2D eigenvalue weighted by Crippen LogP contribution is -2.29. The first-order valence-corrected chi connectivity index (χ1v) is 8.16. The topological polar surface area (TPSA) is 39.1 Å². The molecule has 114 valence electrons. The summed E-state index contributed by atoms with van der Waals surface area (Å²) < 4.78 is 0. The van der Waals surface area contributed by atoms with Crippen LogP contribution in [-0.2, 0) is 0 Å². The van der Waals surface area contributed by atoms with Gasteiger partial charge in [0, 0.05) is 24.3 Å². The Labute approximate surface area is 127 Å². The lowest BCUT2D eigenvalue weighted by Gasteiger charge is -2.26. The molecule has 0 aliphatic carbocycles. The normalized spacial score (nSPS) is 21.5. The van der Waals surface area contributed by atoms with Crippen molar-refractivity contribution in [2.45, 2.75) is 32.1 Å². The Hall–Kier alpha value is -1.55. The summed E-state index contributed by atoms with van der Waals surface area (Å²) in [6.45, 7) is 5.90. The summed E-state index contributed by atoms with van der Waals surface area (Å²) in [5.74, 6) is 0. The van der Waals surface area contributed by atoms with Gasteiger partial charge < -0.3 is 15.0 Å². The number of hydrogen-bond acceptors (Lipinski definition) is 4. The second-order valence-electron chi connectivity index (χ2n) is 6.06. The molecule has 1 aromatic rings. The summed E-state index contributed by atoms with van der Waals surface area (Å²) >= 11 is 0. The second-order valence-corrected chi connectivity index (χ2v) is 6.06. The third-order valence-electron chi connectivity index (χ3n) is 4.62. The van der Waals surface area contributed by atoms with Gasteiger partial charge >= 0.3 is 0 Å². The van der Waals surface area contributed by atoms with E-state index in [1.165, 1.54) is 44.6 Å². The van der Waals surface area contributed by atoms with Gasteiger partial charge in [-0.3, -0.25) is 0 Å². The molecule has 0 bridgehead atoms. The van der Waals surface area contributed by atoms with Crippen LogP contribution < -0.4 is 4.90 Å². The van der Waals surface area contributed by atoms with E-state index in [2.05, 4.69) is 33.2 Å². The fourth-order valence-corrected chi connectivity index (χ4v) is 3.51. The molecule has 0 saturated carbocycles. The SMILES string of the molecule is O/N=C1/CCCN(CCCN2CCCC2)c2ccccc21. The fraction of sp³-hybridized carbons (Fsp3) is 0.588. The van der Waals surface area contributed by atoms with Crippen LogP contribution in [-0.4, -0.2) is 48.5 Å². The molecule has 0 radical (unpaired) electrons. The number of likely N-dealkylation sites (tertiary alicyclic amines) is 1. The molecular formula is C17H25N3O. The van der Waals surface area contributed by atoms with Gasteiger partial charge in [0.1, 0.15) is 0 Å². The molecule has 4 nitrogen and oxygen atoms in total. The number of para-hydroxylation sites is 1. The summed E-state index contributed by atoms with van der Waals surface area (Å²) in [7, 11) is 0. The predicted octanol–water partition coefficient (Wildman–Crippen LogP) is 2.95. The molecule has 1 N–H and O–H groups in total. The van der Waals surface area contributed by atoms with Crippen LogP contribution >= 0.6 is 0 Å². The average molecular weight is 287 g/mol. The lowest BCUT2D eigenvalue weighted by atomic mass is 10.1. The van der Waals surface area contributed by atoms with Gasteiger partial charge in [0.15, 0.2) is 0 Å². The zero-order valence-corrected chi connectivity index (χ0v) is 12.7.